The van der Waals surface area contributed by atoms with E-state index in [4.69, 9.17) is 0 Å². The van der Waals surface area contributed by atoms with Gasteiger partial charge in [-0.15, -0.1) is 11.3 Å². The molecule has 1 atom stereocenters. The molecule has 1 aliphatic heterocycles. The van der Waals surface area contributed by atoms with Gasteiger partial charge in [-0.1, -0.05) is 0 Å². The molecule has 1 aliphatic rings. The maximum absolute atomic E-state index is 12.7. The Labute approximate surface area is 132 Å². The predicted molar refractivity (Wildman–Crippen MR) is 83.0 cm³/mol. The Bertz CT molecular complexity index is 734. The summed E-state index contributed by atoms with van der Waals surface area (Å²) >= 11 is 1.56. The van der Waals surface area contributed by atoms with Gasteiger partial charge in [0, 0.05) is 30.7 Å². The van der Waals surface area contributed by atoms with E-state index in [2.05, 4.69) is 4.98 Å². The van der Waals surface area contributed by atoms with Gasteiger partial charge in [0.25, 0.3) is 5.91 Å². The number of amides is 1. The van der Waals surface area contributed by atoms with Crippen LogP contribution in [0, 0.1) is 6.92 Å². The molecule has 1 N–H and O–H groups in total. The van der Waals surface area contributed by atoms with E-state index in [1.807, 2.05) is 18.5 Å². The summed E-state index contributed by atoms with van der Waals surface area (Å²) in [6.07, 6.45) is 3.10. The molecule has 0 aromatic carbocycles. The van der Waals surface area contributed by atoms with Crippen molar-refractivity contribution >= 4 is 23.2 Å². The minimum absolute atomic E-state index is 0.231. The van der Waals surface area contributed by atoms with Crippen molar-refractivity contribution in [1.82, 2.24) is 14.5 Å². The SMILES string of the molecule is Cc1nc(-c2cc(C(=O)N3CCC[C@@H]3C(=O)O)n(C)c2)cs1. The number of hydrogen-bond acceptors (Lipinski definition) is 4. The number of carbonyl (C=O) groups is 2. The Morgan fingerprint density at radius 3 is 2.86 bits per heavy atom. The number of nitrogens with zero attached hydrogens (tertiary/aromatic N) is 3. The molecular weight excluding hydrogens is 302 g/mol. The van der Waals surface area contributed by atoms with Gasteiger partial charge in [0.15, 0.2) is 0 Å². The van der Waals surface area contributed by atoms with Crippen molar-refractivity contribution in [3.63, 3.8) is 0 Å². The molecule has 0 spiro atoms. The summed E-state index contributed by atoms with van der Waals surface area (Å²) in [7, 11) is 1.79. The lowest BCUT2D eigenvalue weighted by Gasteiger charge is -2.21. The van der Waals surface area contributed by atoms with Crippen LogP contribution in [0.25, 0.3) is 11.3 Å². The van der Waals surface area contributed by atoms with Crippen LogP contribution in [0.3, 0.4) is 0 Å². The molecule has 1 saturated heterocycles. The number of aryl methyl sites for hydroxylation is 2. The Morgan fingerprint density at radius 2 is 2.23 bits per heavy atom. The topological polar surface area (TPSA) is 75.4 Å². The molecule has 1 amide bonds. The first-order valence-corrected chi connectivity index (χ1v) is 7.98. The van der Waals surface area contributed by atoms with Gasteiger partial charge in [0.05, 0.1) is 10.7 Å². The number of carboxylic acids is 1. The minimum atomic E-state index is -0.935. The third kappa shape index (κ3) is 2.52. The molecule has 0 saturated carbocycles. The van der Waals surface area contributed by atoms with Crippen molar-refractivity contribution in [2.75, 3.05) is 6.54 Å². The maximum Gasteiger partial charge on any atom is 0.326 e. The van der Waals surface area contributed by atoms with E-state index in [9.17, 15) is 14.7 Å². The molecule has 7 heteroatoms. The lowest BCUT2D eigenvalue weighted by molar-refractivity contribution is -0.141. The number of aromatic nitrogens is 2. The van der Waals surface area contributed by atoms with Gasteiger partial charge < -0.3 is 14.6 Å². The third-order valence-electron chi connectivity index (χ3n) is 3.94. The van der Waals surface area contributed by atoms with Gasteiger partial charge >= 0.3 is 5.97 Å². The van der Waals surface area contributed by atoms with Crippen LogP contribution in [0.5, 0.6) is 0 Å². The predicted octanol–water partition coefficient (Wildman–Crippen LogP) is 2.15. The van der Waals surface area contributed by atoms with Gasteiger partial charge in [-0.25, -0.2) is 9.78 Å². The highest BCUT2D eigenvalue weighted by molar-refractivity contribution is 7.09. The van der Waals surface area contributed by atoms with Crippen LogP contribution >= 0.6 is 11.3 Å². The Hall–Kier alpha value is -2.15. The van der Waals surface area contributed by atoms with Crippen molar-refractivity contribution in [3.05, 3.63) is 28.3 Å². The van der Waals surface area contributed by atoms with E-state index in [0.29, 0.717) is 18.7 Å². The summed E-state index contributed by atoms with van der Waals surface area (Å²) in [4.78, 5) is 29.8. The summed E-state index contributed by atoms with van der Waals surface area (Å²) in [5.41, 5.74) is 2.21. The first kappa shape index (κ1) is 14.8. The summed E-state index contributed by atoms with van der Waals surface area (Å²) in [6.45, 7) is 2.43. The van der Waals surface area contributed by atoms with E-state index < -0.39 is 12.0 Å². The largest absolute Gasteiger partial charge is 0.480 e. The summed E-state index contributed by atoms with van der Waals surface area (Å²) in [5, 5.41) is 12.1. The fourth-order valence-corrected chi connectivity index (χ4v) is 3.45. The van der Waals surface area contributed by atoms with Crippen LogP contribution in [0.15, 0.2) is 17.6 Å². The number of hydrogen-bond donors (Lipinski definition) is 1. The van der Waals surface area contributed by atoms with Crippen LogP contribution in [-0.2, 0) is 11.8 Å². The zero-order valence-corrected chi connectivity index (χ0v) is 13.3. The van der Waals surface area contributed by atoms with Gasteiger partial charge in [0.2, 0.25) is 0 Å². The zero-order valence-electron chi connectivity index (χ0n) is 12.4. The monoisotopic (exact) mass is 319 g/mol. The Kier molecular flexibility index (Phi) is 3.74. The minimum Gasteiger partial charge on any atom is -0.480 e. The van der Waals surface area contributed by atoms with E-state index in [1.54, 1.807) is 29.0 Å². The Balaban J connectivity index is 1.90. The van der Waals surface area contributed by atoms with Crippen molar-refractivity contribution in [3.8, 4) is 11.3 Å². The van der Waals surface area contributed by atoms with Gasteiger partial charge in [0.1, 0.15) is 11.7 Å². The van der Waals surface area contributed by atoms with Crippen LogP contribution in [-0.4, -0.2) is 44.0 Å². The fraction of sp³-hybridized carbons (Fsp3) is 0.400. The standard InChI is InChI=1S/C15H17N3O3S/c1-9-16-11(8-22-9)10-6-13(17(2)7-10)14(19)18-5-3-4-12(18)15(20)21/h6-8,12H,3-5H2,1-2H3,(H,20,21)/t12-/m1/s1. The van der Waals surface area contributed by atoms with Crippen LogP contribution in [0.4, 0.5) is 0 Å². The number of aliphatic carboxylic acids is 1. The normalized spacial score (nSPS) is 17.9. The molecule has 3 rings (SSSR count). The molecular formula is C15H17N3O3S. The van der Waals surface area contributed by atoms with Crippen LogP contribution < -0.4 is 0 Å². The highest BCUT2D eigenvalue weighted by Crippen LogP contribution is 2.26. The molecule has 0 radical (unpaired) electrons. The van der Waals surface area contributed by atoms with E-state index in [0.717, 1.165) is 22.7 Å². The first-order chi connectivity index (χ1) is 10.5. The second-order valence-electron chi connectivity index (χ2n) is 5.47. The molecule has 0 aliphatic carbocycles. The van der Waals surface area contributed by atoms with Gasteiger partial charge in [-0.05, 0) is 25.8 Å². The molecule has 6 nitrogen and oxygen atoms in total. The maximum atomic E-state index is 12.7. The van der Waals surface area contributed by atoms with Gasteiger partial charge in [-0.2, -0.15) is 0 Å². The number of rotatable bonds is 3. The quantitative estimate of drug-likeness (QED) is 0.940. The first-order valence-electron chi connectivity index (χ1n) is 7.10. The van der Waals surface area contributed by atoms with Crippen molar-refractivity contribution in [1.29, 1.82) is 0 Å². The van der Waals surface area contributed by atoms with E-state index in [1.165, 1.54) is 4.90 Å². The van der Waals surface area contributed by atoms with E-state index >= 15 is 0 Å². The molecule has 0 bridgehead atoms. The molecule has 0 unspecified atom stereocenters. The highest BCUT2D eigenvalue weighted by Gasteiger charge is 2.35. The summed E-state index contributed by atoms with van der Waals surface area (Å²) in [6, 6.07) is 1.07. The zero-order chi connectivity index (χ0) is 15.9. The average molecular weight is 319 g/mol. The summed E-state index contributed by atoms with van der Waals surface area (Å²) < 4.78 is 1.74. The third-order valence-corrected chi connectivity index (χ3v) is 4.71. The molecule has 116 valence electrons. The number of thiazole rings is 1. The van der Waals surface area contributed by atoms with Crippen LogP contribution in [0.2, 0.25) is 0 Å². The van der Waals surface area contributed by atoms with Crippen LogP contribution in [0.1, 0.15) is 28.3 Å². The smallest absolute Gasteiger partial charge is 0.326 e. The van der Waals surface area contributed by atoms with Crippen molar-refractivity contribution < 1.29 is 14.7 Å². The van der Waals surface area contributed by atoms with E-state index in [-0.39, 0.29) is 5.91 Å². The fourth-order valence-electron chi connectivity index (χ4n) is 2.83. The molecule has 3 heterocycles. The number of likely N-dealkylation sites (tertiary alicyclic amines) is 1. The number of carboxylic acid groups (broad SMARTS) is 1. The molecule has 22 heavy (non-hydrogen) atoms. The van der Waals surface area contributed by atoms with Gasteiger partial charge in [-0.3, -0.25) is 4.79 Å². The molecule has 2 aromatic heterocycles. The second kappa shape index (κ2) is 5.57. The lowest BCUT2D eigenvalue weighted by Crippen LogP contribution is -2.41. The number of carbonyl (C=O) groups excluding carboxylic acids is 1. The second-order valence-corrected chi connectivity index (χ2v) is 6.53. The summed E-state index contributed by atoms with van der Waals surface area (Å²) in [5.74, 6) is -1.17. The molecule has 1 fully saturated rings. The lowest BCUT2D eigenvalue weighted by atomic mass is 10.2. The van der Waals surface area contributed by atoms with Crippen molar-refractivity contribution in [2.45, 2.75) is 25.8 Å². The molecule has 2 aromatic rings. The highest BCUT2D eigenvalue weighted by atomic mass is 32.1. The Morgan fingerprint density at radius 1 is 1.45 bits per heavy atom. The average Bonchev–Trinajstić information content (AvgIpc) is 3.16. The van der Waals surface area contributed by atoms with Crippen molar-refractivity contribution in [2.24, 2.45) is 7.05 Å².